The molecule has 4 heteroatoms. The molecule has 0 amide bonds. The van der Waals surface area contributed by atoms with E-state index in [9.17, 15) is 0 Å². The quantitative estimate of drug-likeness (QED) is 0.548. The molecule has 3 nitrogen and oxygen atoms in total. The van der Waals surface area contributed by atoms with Gasteiger partial charge in [-0.3, -0.25) is 0 Å². The third-order valence-corrected chi connectivity index (χ3v) is 5.47. The Balaban J connectivity index is 5.22. The Kier molecular flexibility index (Phi) is 5.64. The zero-order valence-electron chi connectivity index (χ0n) is 14.2. The van der Waals surface area contributed by atoms with Gasteiger partial charge in [0.25, 0.3) is 0 Å². The lowest BCUT2D eigenvalue weighted by Gasteiger charge is -2.48. The summed E-state index contributed by atoms with van der Waals surface area (Å²) in [5.74, 6) is 0. The van der Waals surface area contributed by atoms with Gasteiger partial charge in [0.2, 0.25) is 0 Å². The van der Waals surface area contributed by atoms with E-state index in [0.717, 1.165) is 23.2 Å². The van der Waals surface area contributed by atoms with Crippen LogP contribution in [0.2, 0.25) is 0 Å². The second-order valence-electron chi connectivity index (χ2n) is 7.43. The van der Waals surface area contributed by atoms with Crippen LogP contribution in [0, 0.1) is 0 Å². The van der Waals surface area contributed by atoms with Crippen molar-refractivity contribution in [1.82, 2.24) is 0 Å². The molecule has 0 aromatic carbocycles. The van der Waals surface area contributed by atoms with E-state index >= 15 is 0 Å². The van der Waals surface area contributed by atoms with E-state index in [2.05, 4.69) is 62.3 Å². The summed E-state index contributed by atoms with van der Waals surface area (Å²) in [7, 11) is 0.791. The highest BCUT2D eigenvalue weighted by atomic mass is 28.2. The summed E-state index contributed by atoms with van der Waals surface area (Å²) in [5, 5.41) is 0. The smallest absolute Gasteiger partial charge is 0.182 e. The van der Waals surface area contributed by atoms with E-state index in [1.165, 1.54) is 0 Å². The first-order valence-corrected chi connectivity index (χ1v) is 7.96. The van der Waals surface area contributed by atoms with Gasteiger partial charge in [-0.1, -0.05) is 18.3 Å². The van der Waals surface area contributed by atoms with E-state index in [1.54, 1.807) is 0 Å². The van der Waals surface area contributed by atoms with Crippen LogP contribution in [-0.2, 0) is 9.68 Å². The summed E-state index contributed by atoms with van der Waals surface area (Å²) >= 11 is 0. The number of rotatable bonds is 6. The lowest BCUT2D eigenvalue weighted by Crippen LogP contribution is -2.63. The first kappa shape index (κ1) is 18.1. The number of hydrogen-bond acceptors (Lipinski definition) is 2. The summed E-state index contributed by atoms with van der Waals surface area (Å²) < 4.78 is 0.300. The molecule has 0 aromatic rings. The van der Waals surface area contributed by atoms with Crippen LogP contribution in [0.5, 0.6) is 0 Å². The minimum Gasteiger partial charge on any atom is -0.182 e. The molecular formula is C14H34NO2Si+. The van der Waals surface area contributed by atoms with Gasteiger partial charge in [-0.2, -0.15) is 9.68 Å². The van der Waals surface area contributed by atoms with Crippen LogP contribution < -0.4 is 0 Å². The van der Waals surface area contributed by atoms with Crippen molar-refractivity contribution in [3.05, 3.63) is 0 Å². The molecule has 0 rings (SSSR count). The molecule has 0 atom stereocenters. The average molecular weight is 277 g/mol. The van der Waals surface area contributed by atoms with Crippen molar-refractivity contribution in [2.75, 3.05) is 0 Å². The SMILES string of the molecule is CCC(C)(C)O[N+]([SiH3])(OC(C)(C)CC)C(C)(C)C. The van der Waals surface area contributed by atoms with Gasteiger partial charge >= 0.3 is 10.4 Å². The fourth-order valence-corrected chi connectivity index (χ4v) is 2.35. The first-order chi connectivity index (χ1) is 7.79. The van der Waals surface area contributed by atoms with Crippen LogP contribution in [0.3, 0.4) is 0 Å². The first-order valence-electron chi connectivity index (χ1n) is 7.07. The van der Waals surface area contributed by atoms with Crippen molar-refractivity contribution in [1.29, 1.82) is 0 Å². The Labute approximate surface area is 117 Å². The Morgan fingerprint density at radius 1 is 0.778 bits per heavy atom. The third kappa shape index (κ3) is 5.00. The Morgan fingerprint density at radius 2 is 1.06 bits per heavy atom. The number of hydroxylamine groups is 2. The standard InChI is InChI=1S/C14H34NO2Si/c1-10-13(6,7)16-15(18,12(3,4)5)17-14(8,9)11-2/h10-11H2,1-9,18H3/q+1. The maximum absolute atomic E-state index is 6.35. The lowest BCUT2D eigenvalue weighted by molar-refractivity contribution is -1.21. The maximum atomic E-state index is 6.35. The van der Waals surface area contributed by atoms with Crippen LogP contribution >= 0.6 is 0 Å². The van der Waals surface area contributed by atoms with E-state index in [4.69, 9.17) is 9.68 Å². The van der Waals surface area contributed by atoms with Gasteiger partial charge in [0, 0.05) is 0 Å². The Bertz CT molecular complexity index is 251. The molecule has 0 aliphatic rings. The molecule has 0 saturated heterocycles. The highest BCUT2D eigenvalue weighted by molar-refractivity contribution is 5.96. The molecule has 0 spiro atoms. The fraction of sp³-hybridized carbons (Fsp3) is 1.00. The van der Waals surface area contributed by atoms with Gasteiger partial charge in [0.15, 0.2) is 0 Å². The summed E-state index contributed by atoms with van der Waals surface area (Å²) in [6.45, 7) is 19.4. The van der Waals surface area contributed by atoms with Crippen molar-refractivity contribution >= 4 is 10.4 Å². The Hall–Kier alpha value is 0.0969. The van der Waals surface area contributed by atoms with Crippen molar-refractivity contribution < 1.29 is 14.2 Å². The molecule has 0 fully saturated rings. The molecule has 0 aromatic heterocycles. The van der Waals surface area contributed by atoms with Crippen LogP contribution in [0.25, 0.3) is 0 Å². The number of nitrogens with zero attached hydrogens (tertiary/aromatic N) is 1. The summed E-state index contributed by atoms with van der Waals surface area (Å²) in [4.78, 5) is 12.7. The average Bonchev–Trinajstić information content (AvgIpc) is 2.14. The van der Waals surface area contributed by atoms with E-state index in [0.29, 0.717) is 4.48 Å². The minimum absolute atomic E-state index is 0.0783. The van der Waals surface area contributed by atoms with Gasteiger partial charge in [-0.05, 0) is 61.3 Å². The molecule has 0 aliphatic heterocycles. The molecule has 0 N–H and O–H groups in total. The molecule has 0 heterocycles. The van der Waals surface area contributed by atoms with E-state index in [1.807, 2.05) is 0 Å². The van der Waals surface area contributed by atoms with Gasteiger partial charge in [0.1, 0.15) is 16.7 Å². The molecule has 0 bridgehead atoms. The molecule has 18 heavy (non-hydrogen) atoms. The largest absolute Gasteiger partial charge is 0.309 e. The predicted octanol–water partition coefficient (Wildman–Crippen LogP) is 3.12. The highest BCUT2D eigenvalue weighted by Gasteiger charge is 2.47. The van der Waals surface area contributed by atoms with Crippen LogP contribution in [0.4, 0.5) is 0 Å². The van der Waals surface area contributed by atoms with Crippen molar-refractivity contribution in [2.45, 2.75) is 91.9 Å². The molecule has 0 unspecified atom stereocenters. The fourth-order valence-electron chi connectivity index (χ4n) is 1.36. The van der Waals surface area contributed by atoms with Crippen molar-refractivity contribution in [3.8, 4) is 0 Å². The highest BCUT2D eigenvalue weighted by Crippen LogP contribution is 2.33. The topological polar surface area (TPSA) is 18.5 Å². The summed E-state index contributed by atoms with van der Waals surface area (Å²) in [6, 6.07) is 0. The Morgan fingerprint density at radius 3 is 1.22 bits per heavy atom. The van der Waals surface area contributed by atoms with Gasteiger partial charge in [-0.15, -0.1) is 0 Å². The summed E-state index contributed by atoms with van der Waals surface area (Å²) in [5.41, 5.74) is -0.414. The second-order valence-corrected chi connectivity index (χ2v) is 8.60. The lowest BCUT2D eigenvalue weighted by atomic mass is 10.1. The zero-order chi connectivity index (χ0) is 14.8. The molecule has 0 radical (unpaired) electrons. The molecule has 0 aliphatic carbocycles. The second kappa shape index (κ2) is 5.61. The monoisotopic (exact) mass is 276 g/mol. The number of hydrogen-bond donors (Lipinski definition) is 0. The van der Waals surface area contributed by atoms with Gasteiger partial charge in [-0.25, -0.2) is 0 Å². The maximum Gasteiger partial charge on any atom is 0.309 e. The van der Waals surface area contributed by atoms with Gasteiger partial charge < -0.3 is 0 Å². The molecular weight excluding hydrogens is 242 g/mol. The van der Waals surface area contributed by atoms with Crippen molar-refractivity contribution in [3.63, 3.8) is 0 Å². The molecule has 110 valence electrons. The van der Waals surface area contributed by atoms with Crippen LogP contribution in [0.1, 0.15) is 75.2 Å². The third-order valence-electron chi connectivity index (χ3n) is 3.76. The predicted molar refractivity (Wildman–Crippen MR) is 80.9 cm³/mol. The number of quaternary nitrogens is 1. The van der Waals surface area contributed by atoms with Crippen LogP contribution in [0.15, 0.2) is 0 Å². The van der Waals surface area contributed by atoms with Crippen molar-refractivity contribution in [2.24, 2.45) is 0 Å². The van der Waals surface area contributed by atoms with Crippen LogP contribution in [-0.4, -0.2) is 31.6 Å². The molecule has 0 saturated carbocycles. The summed E-state index contributed by atoms with van der Waals surface area (Å²) in [6.07, 6.45) is 1.95. The zero-order valence-corrected chi connectivity index (χ0v) is 16.2. The van der Waals surface area contributed by atoms with E-state index in [-0.39, 0.29) is 16.7 Å². The van der Waals surface area contributed by atoms with E-state index < -0.39 is 0 Å². The van der Waals surface area contributed by atoms with Gasteiger partial charge in [0.05, 0.1) is 0 Å². The normalized spacial score (nSPS) is 15.2. The minimum atomic E-state index is -0.168.